The lowest BCUT2D eigenvalue weighted by atomic mass is 10.1. The van der Waals surface area contributed by atoms with Gasteiger partial charge in [-0.15, -0.1) is 0 Å². The van der Waals surface area contributed by atoms with E-state index >= 15 is 0 Å². The third kappa shape index (κ3) is 7.28. The molecule has 1 aromatic carbocycles. The average Bonchev–Trinajstić information content (AvgIpc) is 2.44. The largest absolute Gasteiger partial charge is 0.392 e. The fourth-order valence-corrected chi connectivity index (χ4v) is 1.67. The Hall–Kier alpha value is -0.940. The van der Waals surface area contributed by atoms with Crippen molar-refractivity contribution in [2.45, 2.75) is 39.0 Å². The minimum Gasteiger partial charge on any atom is -0.392 e. The first-order valence-corrected chi connectivity index (χ1v) is 6.91. The summed E-state index contributed by atoms with van der Waals surface area (Å²) in [4.78, 5) is 0. The summed E-state index contributed by atoms with van der Waals surface area (Å²) < 4.78 is 5.35. The van der Waals surface area contributed by atoms with Crippen LogP contribution < -0.4 is 5.32 Å². The SMILES string of the molecule is CCCCOCC(O)CNCc1ccc(CO)cc1. The quantitative estimate of drug-likeness (QED) is 0.561. The molecule has 3 N–H and O–H groups in total. The van der Waals surface area contributed by atoms with Gasteiger partial charge in [-0.1, -0.05) is 37.6 Å². The van der Waals surface area contributed by atoms with Crippen LogP contribution in [0.5, 0.6) is 0 Å². The Kier molecular flexibility index (Phi) is 8.41. The molecule has 0 bridgehead atoms. The molecule has 0 fully saturated rings. The molecule has 0 aromatic heterocycles. The first kappa shape index (κ1) is 16.1. The molecule has 0 heterocycles. The van der Waals surface area contributed by atoms with E-state index in [1.807, 2.05) is 24.3 Å². The van der Waals surface area contributed by atoms with Crippen molar-refractivity contribution < 1.29 is 14.9 Å². The fourth-order valence-electron chi connectivity index (χ4n) is 1.67. The normalized spacial score (nSPS) is 12.6. The highest BCUT2D eigenvalue weighted by molar-refractivity contribution is 5.21. The van der Waals surface area contributed by atoms with Crippen LogP contribution in [-0.2, 0) is 17.9 Å². The Morgan fingerprint density at radius 3 is 2.53 bits per heavy atom. The van der Waals surface area contributed by atoms with E-state index in [0.717, 1.165) is 30.6 Å². The molecule has 0 aliphatic heterocycles. The molecular formula is C15H25NO3. The van der Waals surface area contributed by atoms with Crippen LogP contribution in [0.1, 0.15) is 30.9 Å². The van der Waals surface area contributed by atoms with E-state index in [0.29, 0.717) is 19.7 Å². The van der Waals surface area contributed by atoms with Crippen LogP contribution in [0, 0.1) is 0 Å². The molecule has 1 aromatic rings. The van der Waals surface area contributed by atoms with E-state index in [4.69, 9.17) is 9.84 Å². The smallest absolute Gasteiger partial charge is 0.0897 e. The molecule has 0 radical (unpaired) electrons. The molecule has 0 aliphatic carbocycles. The minimum absolute atomic E-state index is 0.0710. The number of ether oxygens (including phenoxy) is 1. The second-order valence-electron chi connectivity index (χ2n) is 4.69. The third-order valence-corrected chi connectivity index (χ3v) is 2.87. The molecule has 0 aliphatic rings. The van der Waals surface area contributed by atoms with Crippen molar-refractivity contribution in [3.05, 3.63) is 35.4 Å². The molecule has 108 valence electrons. The maximum Gasteiger partial charge on any atom is 0.0897 e. The molecule has 0 spiro atoms. The van der Waals surface area contributed by atoms with Crippen molar-refractivity contribution in [2.24, 2.45) is 0 Å². The van der Waals surface area contributed by atoms with Crippen molar-refractivity contribution in [1.82, 2.24) is 5.32 Å². The van der Waals surface area contributed by atoms with Crippen LogP contribution in [0.25, 0.3) is 0 Å². The van der Waals surface area contributed by atoms with Gasteiger partial charge in [-0.2, -0.15) is 0 Å². The summed E-state index contributed by atoms with van der Waals surface area (Å²) in [5.74, 6) is 0. The van der Waals surface area contributed by atoms with Crippen LogP contribution >= 0.6 is 0 Å². The summed E-state index contributed by atoms with van der Waals surface area (Å²) in [6.45, 7) is 4.52. The fraction of sp³-hybridized carbons (Fsp3) is 0.600. The lowest BCUT2D eigenvalue weighted by molar-refractivity contribution is 0.0358. The van der Waals surface area contributed by atoms with Gasteiger partial charge < -0.3 is 20.3 Å². The third-order valence-electron chi connectivity index (χ3n) is 2.87. The first-order chi connectivity index (χ1) is 9.26. The number of aliphatic hydroxyl groups is 2. The molecule has 0 amide bonds. The predicted octanol–water partition coefficient (Wildman–Crippen LogP) is 1.45. The van der Waals surface area contributed by atoms with Gasteiger partial charge in [-0.05, 0) is 17.5 Å². The van der Waals surface area contributed by atoms with Gasteiger partial charge >= 0.3 is 0 Å². The molecule has 1 unspecified atom stereocenters. The molecule has 4 nitrogen and oxygen atoms in total. The van der Waals surface area contributed by atoms with Gasteiger partial charge in [0.15, 0.2) is 0 Å². The van der Waals surface area contributed by atoms with E-state index in [-0.39, 0.29) is 6.61 Å². The molecular weight excluding hydrogens is 242 g/mol. The summed E-state index contributed by atoms with van der Waals surface area (Å²) in [7, 11) is 0. The monoisotopic (exact) mass is 267 g/mol. The lowest BCUT2D eigenvalue weighted by Gasteiger charge is -2.12. The van der Waals surface area contributed by atoms with Crippen molar-refractivity contribution >= 4 is 0 Å². The van der Waals surface area contributed by atoms with E-state index < -0.39 is 6.10 Å². The van der Waals surface area contributed by atoms with E-state index in [1.54, 1.807) is 0 Å². The Morgan fingerprint density at radius 1 is 1.21 bits per heavy atom. The number of benzene rings is 1. The molecule has 0 saturated heterocycles. The second kappa shape index (κ2) is 9.92. The van der Waals surface area contributed by atoms with Gasteiger partial charge in [0.05, 0.1) is 19.3 Å². The number of hydrogen-bond donors (Lipinski definition) is 3. The van der Waals surface area contributed by atoms with Crippen LogP contribution in [0.15, 0.2) is 24.3 Å². The van der Waals surface area contributed by atoms with Crippen LogP contribution in [0.2, 0.25) is 0 Å². The topological polar surface area (TPSA) is 61.7 Å². The number of rotatable bonds is 10. The molecule has 0 saturated carbocycles. The van der Waals surface area contributed by atoms with Gasteiger partial charge in [0, 0.05) is 19.7 Å². The maximum absolute atomic E-state index is 9.69. The summed E-state index contributed by atoms with van der Waals surface area (Å²) in [6, 6.07) is 7.76. The second-order valence-corrected chi connectivity index (χ2v) is 4.69. The Morgan fingerprint density at radius 2 is 1.89 bits per heavy atom. The zero-order valence-corrected chi connectivity index (χ0v) is 11.6. The minimum atomic E-state index is -0.464. The number of aliphatic hydroxyl groups excluding tert-OH is 2. The highest BCUT2D eigenvalue weighted by Gasteiger charge is 2.03. The van der Waals surface area contributed by atoms with Gasteiger partial charge in [0.1, 0.15) is 0 Å². The van der Waals surface area contributed by atoms with E-state index in [2.05, 4.69) is 12.2 Å². The molecule has 1 atom stereocenters. The van der Waals surface area contributed by atoms with Gasteiger partial charge in [-0.3, -0.25) is 0 Å². The van der Waals surface area contributed by atoms with Gasteiger partial charge in [0.2, 0.25) is 0 Å². The summed E-state index contributed by atoms with van der Waals surface area (Å²) in [6.07, 6.45) is 1.68. The van der Waals surface area contributed by atoms with Crippen molar-refractivity contribution in [1.29, 1.82) is 0 Å². The van der Waals surface area contributed by atoms with Gasteiger partial charge in [0.25, 0.3) is 0 Å². The van der Waals surface area contributed by atoms with E-state index in [1.165, 1.54) is 0 Å². The van der Waals surface area contributed by atoms with Gasteiger partial charge in [-0.25, -0.2) is 0 Å². The Labute approximate surface area is 115 Å². The zero-order valence-electron chi connectivity index (χ0n) is 11.6. The maximum atomic E-state index is 9.69. The Balaban J connectivity index is 2.11. The first-order valence-electron chi connectivity index (χ1n) is 6.91. The number of hydrogen-bond acceptors (Lipinski definition) is 4. The Bertz CT molecular complexity index is 327. The van der Waals surface area contributed by atoms with Crippen LogP contribution in [0.3, 0.4) is 0 Å². The molecule has 4 heteroatoms. The molecule has 1 rings (SSSR count). The summed E-state index contributed by atoms with van der Waals surface area (Å²) in [5.41, 5.74) is 2.05. The lowest BCUT2D eigenvalue weighted by Crippen LogP contribution is -2.30. The van der Waals surface area contributed by atoms with Crippen molar-refractivity contribution in [2.75, 3.05) is 19.8 Å². The van der Waals surface area contributed by atoms with Crippen molar-refractivity contribution in [3.63, 3.8) is 0 Å². The highest BCUT2D eigenvalue weighted by Crippen LogP contribution is 2.03. The van der Waals surface area contributed by atoms with Crippen molar-refractivity contribution in [3.8, 4) is 0 Å². The summed E-state index contributed by atoms with van der Waals surface area (Å²) >= 11 is 0. The summed E-state index contributed by atoms with van der Waals surface area (Å²) in [5, 5.41) is 21.8. The van der Waals surface area contributed by atoms with Crippen LogP contribution in [-0.4, -0.2) is 36.1 Å². The average molecular weight is 267 g/mol. The standard InChI is InChI=1S/C15H25NO3/c1-2-3-8-19-12-15(18)10-16-9-13-4-6-14(11-17)7-5-13/h4-7,15-18H,2-3,8-12H2,1H3. The predicted molar refractivity (Wildman–Crippen MR) is 75.8 cm³/mol. The zero-order chi connectivity index (χ0) is 13.9. The number of nitrogens with one attached hydrogen (secondary N) is 1. The molecule has 19 heavy (non-hydrogen) atoms. The number of unbranched alkanes of at least 4 members (excludes halogenated alkanes) is 1. The highest BCUT2D eigenvalue weighted by atomic mass is 16.5. The van der Waals surface area contributed by atoms with Crippen LogP contribution in [0.4, 0.5) is 0 Å². The van der Waals surface area contributed by atoms with E-state index in [9.17, 15) is 5.11 Å².